The van der Waals surface area contributed by atoms with Gasteiger partial charge in [-0.1, -0.05) is 23.2 Å². The predicted octanol–water partition coefficient (Wildman–Crippen LogP) is 2.85. The van der Waals surface area contributed by atoms with E-state index in [0.717, 1.165) is 0 Å². The van der Waals surface area contributed by atoms with Gasteiger partial charge in [0.15, 0.2) is 0 Å². The van der Waals surface area contributed by atoms with E-state index >= 15 is 0 Å². The molecule has 0 saturated heterocycles. The molecular weight excluding hydrogens is 249 g/mol. The zero-order valence-electron chi connectivity index (χ0n) is 5.43. The van der Waals surface area contributed by atoms with Gasteiger partial charge in [0.05, 0.1) is 0 Å². The Morgan fingerprint density at radius 3 is 1.38 bits per heavy atom. The van der Waals surface area contributed by atoms with E-state index in [1.165, 1.54) is 0 Å². The van der Waals surface area contributed by atoms with Crippen LogP contribution in [0.5, 0.6) is 0 Å². The predicted molar refractivity (Wildman–Crippen MR) is 31.6 cm³/mol. The summed E-state index contributed by atoms with van der Waals surface area (Å²) in [5, 5.41) is -10.3. The van der Waals surface area contributed by atoms with Crippen molar-refractivity contribution in [1.29, 1.82) is 0 Å². The maximum atomic E-state index is 12.3. The first kappa shape index (κ1) is 12.8. The zero-order chi connectivity index (χ0) is 11.1. The Morgan fingerprint density at radius 1 is 1.00 bits per heavy atom. The van der Waals surface area contributed by atoms with Crippen molar-refractivity contribution in [3.63, 3.8) is 0 Å². The summed E-state index contributed by atoms with van der Waals surface area (Å²) in [6.07, 6.45) is -6.01. The molecule has 0 spiro atoms. The second-order valence-corrected chi connectivity index (χ2v) is 2.96. The first-order chi connectivity index (χ1) is 5.44. The average Bonchev–Trinajstić information content (AvgIpc) is 1.84. The molecule has 0 bridgehead atoms. The van der Waals surface area contributed by atoms with Crippen LogP contribution in [-0.2, 0) is 4.79 Å². The lowest BCUT2D eigenvalue weighted by Gasteiger charge is -2.27. The molecule has 0 aromatic carbocycles. The van der Waals surface area contributed by atoms with Gasteiger partial charge >= 0.3 is 22.5 Å². The first-order valence-electron chi connectivity index (χ1n) is 2.47. The van der Waals surface area contributed by atoms with Crippen molar-refractivity contribution in [3.05, 3.63) is 0 Å². The van der Waals surface area contributed by atoms with Gasteiger partial charge in [-0.2, -0.15) is 17.6 Å². The van der Waals surface area contributed by atoms with Gasteiger partial charge in [-0.05, 0) is 0 Å². The van der Waals surface area contributed by atoms with E-state index in [2.05, 4.69) is 23.2 Å². The van der Waals surface area contributed by atoms with E-state index in [1.54, 1.807) is 0 Å². The first-order valence-corrected chi connectivity index (χ1v) is 3.22. The minimum Gasteiger partial charge on any atom is -0.256 e. The summed E-state index contributed by atoms with van der Waals surface area (Å²) in [4.78, 5) is 9.56. The Labute approximate surface area is 77.6 Å². The number of carbonyl (C=O) groups excluding carboxylic acids is 1. The number of rotatable bonds is 2. The van der Waals surface area contributed by atoms with Crippen LogP contribution >= 0.6 is 23.2 Å². The highest BCUT2D eigenvalue weighted by Gasteiger charge is 2.72. The van der Waals surface area contributed by atoms with E-state index in [4.69, 9.17) is 0 Å². The lowest BCUT2D eigenvalue weighted by molar-refractivity contribution is -0.224. The number of alkyl halides is 7. The van der Waals surface area contributed by atoms with E-state index in [-0.39, 0.29) is 0 Å². The molecule has 2 atom stereocenters. The fourth-order valence-electron chi connectivity index (χ4n) is 0.301. The Hall–Kier alpha value is -0.170. The Bertz CT molecular complexity index is 221. The van der Waals surface area contributed by atoms with E-state index in [0.29, 0.717) is 0 Å². The van der Waals surface area contributed by atoms with Gasteiger partial charge in [-0.3, -0.25) is 4.79 Å². The lowest BCUT2D eigenvalue weighted by Crippen LogP contribution is -2.53. The normalized spacial score (nSPS) is 21.8. The van der Waals surface area contributed by atoms with Crippen LogP contribution in [0.3, 0.4) is 0 Å². The number of halogens is 8. The third kappa shape index (κ3) is 2.01. The van der Waals surface area contributed by atoms with Crippen LogP contribution in [0.1, 0.15) is 0 Å². The molecule has 0 fully saturated rings. The molecule has 0 aromatic heterocycles. The van der Waals surface area contributed by atoms with E-state index < -0.39 is 22.5 Å². The lowest BCUT2D eigenvalue weighted by atomic mass is 10.2. The molecule has 0 heterocycles. The second kappa shape index (κ2) is 3.20. The summed E-state index contributed by atoms with van der Waals surface area (Å²) in [6.45, 7) is 0. The van der Waals surface area contributed by atoms with Crippen LogP contribution < -0.4 is 0 Å². The van der Waals surface area contributed by atoms with Crippen molar-refractivity contribution in [2.24, 2.45) is 0 Å². The van der Waals surface area contributed by atoms with Crippen molar-refractivity contribution in [1.82, 2.24) is 0 Å². The smallest absolute Gasteiger partial charge is 0.256 e. The summed E-state index contributed by atoms with van der Waals surface area (Å²) in [7, 11) is 0. The molecule has 2 unspecified atom stereocenters. The van der Waals surface area contributed by atoms with Gasteiger partial charge in [0.2, 0.25) is 0 Å². The third-order valence-corrected chi connectivity index (χ3v) is 1.98. The molecule has 0 amide bonds. The highest BCUT2D eigenvalue weighted by Crippen LogP contribution is 2.50. The summed E-state index contributed by atoms with van der Waals surface area (Å²) >= 11 is 7.97. The molecule has 0 saturated carbocycles. The summed E-state index contributed by atoms with van der Waals surface area (Å²) in [5.74, 6) is 0. The van der Waals surface area contributed by atoms with Crippen LogP contribution in [0.15, 0.2) is 0 Å². The molecule has 78 valence electrons. The largest absolute Gasteiger partial charge is 0.442 e. The number of hydrogen-bond donors (Lipinski definition) is 0. The Balaban J connectivity index is 5.16. The molecule has 1 nitrogen and oxygen atoms in total. The molecule has 0 aliphatic heterocycles. The van der Waals surface area contributed by atoms with Crippen LogP contribution in [0.2, 0.25) is 0 Å². The maximum absolute atomic E-state index is 12.3. The topological polar surface area (TPSA) is 17.1 Å². The minimum absolute atomic E-state index is 3.36. The molecule has 0 aliphatic rings. The summed E-state index contributed by atoms with van der Waals surface area (Å²) in [5.41, 5.74) is 0. The monoisotopic (exact) mass is 248 g/mol. The maximum Gasteiger partial charge on any atom is 0.442 e. The Morgan fingerprint density at radius 2 is 1.31 bits per heavy atom. The van der Waals surface area contributed by atoms with E-state index in [9.17, 15) is 31.1 Å². The highest BCUT2D eigenvalue weighted by molar-refractivity contribution is 6.40. The van der Waals surface area contributed by atoms with Gasteiger partial charge in [0.25, 0.3) is 0 Å². The van der Waals surface area contributed by atoms with Gasteiger partial charge in [0, 0.05) is 0 Å². The number of hydrogen-bond acceptors (Lipinski definition) is 1. The van der Waals surface area contributed by atoms with Crippen LogP contribution in [0, 0.1) is 0 Å². The fourth-order valence-corrected chi connectivity index (χ4v) is 0.483. The van der Waals surface area contributed by atoms with Crippen molar-refractivity contribution < 1.29 is 31.1 Å². The molecule has 0 radical (unpaired) electrons. The van der Waals surface area contributed by atoms with Crippen LogP contribution in [0.4, 0.5) is 26.3 Å². The molecule has 13 heavy (non-hydrogen) atoms. The second-order valence-electron chi connectivity index (χ2n) is 1.92. The van der Waals surface area contributed by atoms with Gasteiger partial charge in [0.1, 0.15) is 0 Å². The van der Waals surface area contributed by atoms with Gasteiger partial charge in [-0.25, -0.2) is 8.78 Å². The fraction of sp³-hybridized carbons (Fsp3) is 0.750. The molecule has 0 aromatic rings. The zero-order valence-corrected chi connectivity index (χ0v) is 6.94. The molecule has 0 N–H and O–H groups in total. The highest BCUT2D eigenvalue weighted by atomic mass is 35.5. The van der Waals surface area contributed by atoms with Crippen molar-refractivity contribution in [2.75, 3.05) is 0 Å². The SMILES string of the molecule is O=C(F)C(F)(Cl)C(F)(Cl)C(F)(F)F. The van der Waals surface area contributed by atoms with Crippen molar-refractivity contribution in [3.8, 4) is 0 Å². The molecule has 0 aliphatic carbocycles. The van der Waals surface area contributed by atoms with Crippen molar-refractivity contribution >= 4 is 29.2 Å². The minimum atomic E-state index is -6.01. The quantitative estimate of drug-likeness (QED) is 0.417. The van der Waals surface area contributed by atoms with Crippen LogP contribution in [-0.4, -0.2) is 22.5 Å². The van der Waals surface area contributed by atoms with Crippen molar-refractivity contribution in [2.45, 2.75) is 16.4 Å². The van der Waals surface area contributed by atoms with Gasteiger partial charge < -0.3 is 0 Å². The Kier molecular flexibility index (Phi) is 3.16. The number of carbonyl (C=O) groups is 1. The van der Waals surface area contributed by atoms with Gasteiger partial charge in [-0.15, -0.1) is 0 Å². The molecule has 0 rings (SSSR count). The summed E-state index contributed by atoms with van der Waals surface area (Å²) < 4.78 is 70.8. The summed E-state index contributed by atoms with van der Waals surface area (Å²) in [6, 6.07) is -3.36. The van der Waals surface area contributed by atoms with Crippen LogP contribution in [0.25, 0.3) is 0 Å². The third-order valence-electron chi connectivity index (χ3n) is 0.997. The molecule has 9 heteroatoms. The molecular formula is C4Cl2F6O. The average molecular weight is 249 g/mol. The standard InChI is InChI=1S/C4Cl2F6O/c5-2(8,1(7)13)3(6,9)4(10,11)12. The van der Waals surface area contributed by atoms with E-state index in [1.807, 2.05) is 0 Å².